The Labute approximate surface area is 282 Å². The fourth-order valence-electron chi connectivity index (χ4n) is 9.75. The van der Waals surface area contributed by atoms with Crippen molar-refractivity contribution in [2.75, 3.05) is 52.4 Å². The van der Waals surface area contributed by atoms with Crippen LogP contribution in [0.5, 0.6) is 0 Å². The third-order valence-corrected chi connectivity index (χ3v) is 12.7. The fourth-order valence-corrected chi connectivity index (χ4v) is 9.75. The van der Waals surface area contributed by atoms with Crippen LogP contribution in [0.25, 0.3) is 0 Å². The SMILES string of the molecule is C[C@]1(O)CCC2C3CCC4=CC(=O)CCC4=C3[C@@H](c3ccc(CN4CCN(CCN5CCCC5)CC4)cc3)C[C@@]21C.FC(F)C(F)(F)F. The van der Waals surface area contributed by atoms with Crippen LogP contribution in [0.1, 0.15) is 88.7 Å². The van der Waals surface area contributed by atoms with Gasteiger partial charge in [-0.3, -0.25) is 14.6 Å². The van der Waals surface area contributed by atoms with E-state index in [0.29, 0.717) is 30.0 Å². The first-order valence-electron chi connectivity index (χ1n) is 18.0. The Bertz CT molecular complexity index is 1360. The number of carbonyl (C=O) groups is 1. The highest BCUT2D eigenvalue weighted by Gasteiger charge is 2.61. The Hall–Kier alpha value is -2.14. The average molecular weight is 678 g/mol. The zero-order chi connectivity index (χ0) is 34.3. The molecule has 1 aromatic carbocycles. The van der Waals surface area contributed by atoms with Crippen molar-refractivity contribution in [3.05, 3.63) is 58.2 Å². The summed E-state index contributed by atoms with van der Waals surface area (Å²) in [5.74, 6) is 1.73. The lowest BCUT2D eigenvalue weighted by atomic mass is 9.51. The number of fused-ring (bicyclic) bond motifs is 4. The first-order valence-corrected chi connectivity index (χ1v) is 18.0. The minimum Gasteiger partial charge on any atom is -0.390 e. The number of hydrogen-bond donors (Lipinski definition) is 1. The van der Waals surface area contributed by atoms with E-state index in [4.69, 9.17) is 0 Å². The van der Waals surface area contributed by atoms with Gasteiger partial charge in [-0.25, -0.2) is 8.78 Å². The number of carbonyl (C=O) groups excluding carboxylic acids is 1. The average Bonchev–Trinajstić information content (AvgIpc) is 3.65. The van der Waals surface area contributed by atoms with Gasteiger partial charge in [0.1, 0.15) is 0 Å². The molecule has 5 nitrogen and oxygen atoms in total. The van der Waals surface area contributed by atoms with Gasteiger partial charge in [0.15, 0.2) is 5.78 Å². The second kappa shape index (κ2) is 14.2. The molecule has 5 atom stereocenters. The van der Waals surface area contributed by atoms with E-state index in [1.807, 2.05) is 6.08 Å². The van der Waals surface area contributed by atoms with Crippen LogP contribution in [0.4, 0.5) is 22.0 Å². The highest BCUT2D eigenvalue weighted by atomic mass is 19.4. The monoisotopic (exact) mass is 677 g/mol. The molecular weight excluding hydrogens is 625 g/mol. The fraction of sp³-hybridized carbons (Fsp3) is 0.711. The van der Waals surface area contributed by atoms with Crippen molar-refractivity contribution >= 4 is 5.78 Å². The van der Waals surface area contributed by atoms with E-state index in [0.717, 1.165) is 58.2 Å². The van der Waals surface area contributed by atoms with Crippen molar-refractivity contribution in [1.29, 1.82) is 0 Å². The number of likely N-dealkylation sites (tertiary alicyclic amines) is 1. The number of allylic oxidation sites excluding steroid dienone is 4. The molecule has 0 bridgehead atoms. The van der Waals surface area contributed by atoms with Gasteiger partial charge in [0.2, 0.25) is 0 Å². The summed E-state index contributed by atoms with van der Waals surface area (Å²) < 4.78 is 52.1. The molecule has 0 spiro atoms. The second-order valence-corrected chi connectivity index (χ2v) is 15.6. The Morgan fingerprint density at radius 1 is 0.875 bits per heavy atom. The first kappa shape index (κ1) is 35.7. The summed E-state index contributed by atoms with van der Waals surface area (Å²) in [5, 5.41) is 11.6. The maximum atomic E-state index is 12.3. The zero-order valence-electron chi connectivity index (χ0n) is 28.5. The molecule has 2 saturated heterocycles. The molecule has 6 aliphatic rings. The van der Waals surface area contributed by atoms with E-state index in [2.05, 4.69) is 52.8 Å². The van der Waals surface area contributed by atoms with Crippen LogP contribution in [0.2, 0.25) is 0 Å². The standard InChI is InChI=1S/C36H51N3O2.C2HF5/c1-35-24-32(34-30-12-10-29(40)23-28(30)9-11-31(34)33(35)13-14-36(35,2)41)27-7-5-26(6-8-27)25-39-21-19-38(20-22-39)18-17-37-15-3-4-16-37;3-1(4)2(5,6)7/h5-8,23,31-33,41H,3-4,9-22,24-25H2,1-2H3;1H/t31?,32-,33?,35+,36+;/m1./s1. The third-order valence-electron chi connectivity index (χ3n) is 12.7. The molecule has 2 heterocycles. The van der Waals surface area contributed by atoms with Crippen LogP contribution >= 0.6 is 0 Å². The zero-order valence-corrected chi connectivity index (χ0v) is 28.5. The minimum atomic E-state index is -5.33. The molecule has 4 aliphatic carbocycles. The number of aliphatic hydroxyl groups is 1. The molecule has 4 fully saturated rings. The highest BCUT2D eigenvalue weighted by molar-refractivity contribution is 5.93. The van der Waals surface area contributed by atoms with Gasteiger partial charge in [-0.15, -0.1) is 0 Å². The minimum absolute atomic E-state index is 0.0643. The number of rotatable bonds is 6. The van der Waals surface area contributed by atoms with Gasteiger partial charge in [-0.1, -0.05) is 36.8 Å². The van der Waals surface area contributed by atoms with Crippen LogP contribution in [0.3, 0.4) is 0 Å². The number of ketones is 1. The molecule has 0 aromatic heterocycles. The van der Waals surface area contributed by atoms with Crippen LogP contribution in [-0.2, 0) is 11.3 Å². The molecule has 266 valence electrons. The Morgan fingerprint density at radius 3 is 2.10 bits per heavy atom. The maximum absolute atomic E-state index is 12.3. The number of hydrogen-bond acceptors (Lipinski definition) is 5. The third kappa shape index (κ3) is 7.47. The molecule has 7 rings (SSSR count). The Balaban J connectivity index is 0.000000519. The lowest BCUT2D eigenvalue weighted by Crippen LogP contribution is -2.50. The molecule has 1 N–H and O–H groups in total. The number of benzene rings is 1. The Morgan fingerprint density at radius 2 is 1.48 bits per heavy atom. The highest BCUT2D eigenvalue weighted by Crippen LogP contribution is 2.66. The summed E-state index contributed by atoms with van der Waals surface area (Å²) in [6, 6.07) is 9.55. The summed E-state index contributed by atoms with van der Waals surface area (Å²) in [7, 11) is 0. The van der Waals surface area contributed by atoms with E-state index in [1.165, 1.54) is 74.4 Å². The molecule has 48 heavy (non-hydrogen) atoms. The molecule has 1 aromatic rings. The lowest BCUT2D eigenvalue weighted by Gasteiger charge is -2.54. The summed E-state index contributed by atoms with van der Waals surface area (Å²) in [6.07, 6.45) is 1.97. The Kier molecular flexibility index (Phi) is 10.6. The molecule has 0 radical (unpaired) electrons. The van der Waals surface area contributed by atoms with E-state index < -0.39 is 18.2 Å². The van der Waals surface area contributed by atoms with Gasteiger partial charge in [-0.2, -0.15) is 13.2 Å². The van der Waals surface area contributed by atoms with Crippen molar-refractivity contribution in [1.82, 2.24) is 14.7 Å². The second-order valence-electron chi connectivity index (χ2n) is 15.6. The van der Waals surface area contributed by atoms with Gasteiger partial charge in [-0.05, 0) is 112 Å². The molecular formula is C38H52F5N3O2. The number of alkyl halides is 5. The molecule has 10 heteroatoms. The van der Waals surface area contributed by atoms with Crippen molar-refractivity contribution in [3.8, 4) is 0 Å². The van der Waals surface area contributed by atoms with Gasteiger partial charge in [0.25, 0.3) is 0 Å². The lowest BCUT2D eigenvalue weighted by molar-refractivity contribution is -0.219. The topological polar surface area (TPSA) is 47.0 Å². The number of piperazine rings is 1. The number of nitrogens with zero attached hydrogens (tertiary/aromatic N) is 3. The summed E-state index contributed by atoms with van der Waals surface area (Å²) in [5.41, 5.74) is 6.61. The molecule has 2 unspecified atom stereocenters. The van der Waals surface area contributed by atoms with Crippen molar-refractivity contribution in [2.45, 2.75) is 102 Å². The molecule has 2 aliphatic heterocycles. The van der Waals surface area contributed by atoms with E-state index >= 15 is 0 Å². The van der Waals surface area contributed by atoms with Crippen LogP contribution in [-0.4, -0.2) is 96.2 Å². The predicted molar refractivity (Wildman–Crippen MR) is 177 cm³/mol. The van der Waals surface area contributed by atoms with Crippen LogP contribution in [0.15, 0.2) is 47.1 Å². The summed E-state index contributed by atoms with van der Waals surface area (Å²) in [6.45, 7) is 15.3. The molecule has 2 saturated carbocycles. The van der Waals surface area contributed by atoms with Gasteiger partial charge in [0, 0.05) is 63.6 Å². The van der Waals surface area contributed by atoms with Crippen molar-refractivity contribution < 1.29 is 31.9 Å². The first-order chi connectivity index (χ1) is 22.7. The predicted octanol–water partition coefficient (Wildman–Crippen LogP) is 7.36. The van der Waals surface area contributed by atoms with Crippen LogP contribution < -0.4 is 0 Å². The summed E-state index contributed by atoms with van der Waals surface area (Å²) >= 11 is 0. The van der Waals surface area contributed by atoms with Crippen molar-refractivity contribution in [3.63, 3.8) is 0 Å². The van der Waals surface area contributed by atoms with Gasteiger partial charge in [0.05, 0.1) is 5.60 Å². The van der Waals surface area contributed by atoms with E-state index in [9.17, 15) is 31.9 Å². The maximum Gasteiger partial charge on any atom is 0.450 e. The van der Waals surface area contributed by atoms with E-state index in [-0.39, 0.29) is 5.41 Å². The van der Waals surface area contributed by atoms with Gasteiger partial charge < -0.3 is 10.0 Å². The smallest absolute Gasteiger partial charge is 0.390 e. The van der Waals surface area contributed by atoms with E-state index in [1.54, 1.807) is 5.57 Å². The normalized spacial score (nSPS) is 33.2. The van der Waals surface area contributed by atoms with Crippen molar-refractivity contribution in [2.24, 2.45) is 17.3 Å². The van der Waals surface area contributed by atoms with Crippen LogP contribution in [0, 0.1) is 17.3 Å². The molecule has 0 amide bonds. The van der Waals surface area contributed by atoms with Gasteiger partial charge >= 0.3 is 12.6 Å². The summed E-state index contributed by atoms with van der Waals surface area (Å²) in [4.78, 5) is 20.2. The largest absolute Gasteiger partial charge is 0.450 e. The quantitative estimate of drug-likeness (QED) is 0.319. The number of halogens is 5.